The van der Waals surface area contributed by atoms with Gasteiger partial charge in [0.15, 0.2) is 0 Å². The molecule has 3 N–H and O–H groups in total. The Balaban J connectivity index is 2.02. The zero-order chi connectivity index (χ0) is 7.23. The molecule has 10 heavy (non-hydrogen) atoms. The van der Waals surface area contributed by atoms with E-state index in [0.29, 0.717) is 0 Å². The fourth-order valence-corrected chi connectivity index (χ4v) is 2.30. The molecule has 0 aliphatic carbocycles. The van der Waals surface area contributed by atoms with Gasteiger partial charge < -0.3 is 11.1 Å². The van der Waals surface area contributed by atoms with Crippen LogP contribution in [0.1, 0.15) is 12.8 Å². The van der Waals surface area contributed by atoms with E-state index < -0.39 is 0 Å². The van der Waals surface area contributed by atoms with Crippen LogP contribution in [0.4, 0.5) is 0 Å². The maximum absolute atomic E-state index is 5.38. The zero-order valence-electron chi connectivity index (χ0n) is 6.31. The van der Waals surface area contributed by atoms with Crippen LogP contribution in [-0.2, 0) is 0 Å². The van der Waals surface area contributed by atoms with Gasteiger partial charge in [-0.05, 0) is 18.6 Å². The zero-order valence-corrected chi connectivity index (χ0v) is 7.12. The molecule has 0 aromatic carbocycles. The molecule has 0 saturated carbocycles. The monoisotopic (exact) mass is 160 g/mol. The third kappa shape index (κ3) is 2.90. The Morgan fingerprint density at radius 3 is 3.10 bits per heavy atom. The van der Waals surface area contributed by atoms with E-state index in [0.717, 1.165) is 19.1 Å². The molecular weight excluding hydrogens is 144 g/mol. The predicted molar refractivity (Wildman–Crippen MR) is 47.4 cm³/mol. The summed E-state index contributed by atoms with van der Waals surface area (Å²) in [4.78, 5) is 0. The summed E-state index contributed by atoms with van der Waals surface area (Å²) in [5.41, 5.74) is 5.38. The van der Waals surface area contributed by atoms with Crippen molar-refractivity contribution in [1.82, 2.24) is 5.32 Å². The van der Waals surface area contributed by atoms with Crippen molar-refractivity contribution >= 4 is 11.8 Å². The van der Waals surface area contributed by atoms with Gasteiger partial charge in [0, 0.05) is 24.9 Å². The van der Waals surface area contributed by atoms with Gasteiger partial charge in [-0.25, -0.2) is 0 Å². The Morgan fingerprint density at radius 2 is 2.50 bits per heavy atom. The van der Waals surface area contributed by atoms with Crippen LogP contribution >= 0.6 is 11.8 Å². The highest BCUT2D eigenvalue weighted by Crippen LogP contribution is 2.16. The van der Waals surface area contributed by atoms with Crippen molar-refractivity contribution in [3.63, 3.8) is 0 Å². The summed E-state index contributed by atoms with van der Waals surface area (Å²) >= 11 is 2.05. The van der Waals surface area contributed by atoms with E-state index in [1.807, 2.05) is 0 Å². The van der Waals surface area contributed by atoms with Crippen LogP contribution in [0.3, 0.4) is 0 Å². The minimum absolute atomic E-state index is 0.738. The topological polar surface area (TPSA) is 38.0 Å². The first kappa shape index (κ1) is 8.37. The molecule has 1 rings (SSSR count). The summed E-state index contributed by atoms with van der Waals surface area (Å²) in [5, 5.41) is 3.43. The van der Waals surface area contributed by atoms with E-state index >= 15 is 0 Å². The molecule has 1 heterocycles. The quantitative estimate of drug-likeness (QED) is 0.629. The van der Waals surface area contributed by atoms with E-state index in [2.05, 4.69) is 17.1 Å². The van der Waals surface area contributed by atoms with Gasteiger partial charge in [0.05, 0.1) is 0 Å². The molecule has 1 saturated heterocycles. The predicted octanol–water partition coefficient (Wildman–Crippen LogP) is 0.430. The lowest BCUT2D eigenvalue weighted by atomic mass is 10.2. The molecule has 0 radical (unpaired) electrons. The number of hydrogen-bond donors (Lipinski definition) is 2. The Kier molecular flexibility index (Phi) is 4.18. The van der Waals surface area contributed by atoms with Crippen LogP contribution < -0.4 is 11.1 Å². The molecule has 0 bridgehead atoms. The van der Waals surface area contributed by atoms with Crippen LogP contribution in [0, 0.1) is 0 Å². The van der Waals surface area contributed by atoms with Gasteiger partial charge in [-0.15, -0.1) is 0 Å². The number of hydrogen-bond acceptors (Lipinski definition) is 3. The lowest BCUT2D eigenvalue weighted by molar-refractivity contribution is 0.514. The van der Waals surface area contributed by atoms with Crippen molar-refractivity contribution in [2.45, 2.75) is 18.9 Å². The summed E-state index contributed by atoms with van der Waals surface area (Å²) in [6, 6.07) is 0.738. The minimum Gasteiger partial charge on any atom is -0.329 e. The lowest BCUT2D eigenvalue weighted by Gasteiger charge is -2.21. The van der Waals surface area contributed by atoms with E-state index in [-0.39, 0.29) is 0 Å². The van der Waals surface area contributed by atoms with Crippen molar-refractivity contribution in [2.75, 3.05) is 24.6 Å². The highest BCUT2D eigenvalue weighted by atomic mass is 32.2. The van der Waals surface area contributed by atoms with Gasteiger partial charge in [-0.1, -0.05) is 0 Å². The summed E-state index contributed by atoms with van der Waals surface area (Å²) in [5.74, 6) is 2.63. The average molecular weight is 160 g/mol. The maximum atomic E-state index is 5.38. The molecule has 0 amide bonds. The highest BCUT2D eigenvalue weighted by molar-refractivity contribution is 7.99. The smallest absolute Gasteiger partial charge is 0.0159 e. The highest BCUT2D eigenvalue weighted by Gasteiger charge is 2.11. The van der Waals surface area contributed by atoms with E-state index in [1.54, 1.807) is 0 Å². The minimum atomic E-state index is 0.738. The first-order chi connectivity index (χ1) is 4.93. The SMILES string of the molecule is NCCNC1CCCSC1. The number of nitrogens with one attached hydrogen (secondary N) is 1. The van der Waals surface area contributed by atoms with Crippen molar-refractivity contribution in [1.29, 1.82) is 0 Å². The first-order valence-corrected chi connectivity index (χ1v) is 5.10. The van der Waals surface area contributed by atoms with Crippen molar-refractivity contribution < 1.29 is 0 Å². The van der Waals surface area contributed by atoms with Crippen LogP contribution in [0.25, 0.3) is 0 Å². The summed E-state index contributed by atoms with van der Waals surface area (Å²) < 4.78 is 0. The van der Waals surface area contributed by atoms with E-state index in [1.165, 1.54) is 24.3 Å². The Bertz CT molecular complexity index is 81.7. The number of thioether (sulfide) groups is 1. The second-order valence-corrected chi connectivity index (χ2v) is 3.81. The number of rotatable bonds is 3. The molecule has 1 atom stereocenters. The van der Waals surface area contributed by atoms with Gasteiger partial charge in [0.25, 0.3) is 0 Å². The third-order valence-corrected chi connectivity index (χ3v) is 2.95. The summed E-state index contributed by atoms with van der Waals surface area (Å²) in [6.45, 7) is 1.74. The molecule has 2 nitrogen and oxygen atoms in total. The normalized spacial score (nSPS) is 26.7. The van der Waals surface area contributed by atoms with Crippen LogP contribution in [-0.4, -0.2) is 30.6 Å². The molecule has 60 valence electrons. The molecule has 0 spiro atoms. The van der Waals surface area contributed by atoms with Crippen LogP contribution in [0.2, 0.25) is 0 Å². The second-order valence-electron chi connectivity index (χ2n) is 2.66. The van der Waals surface area contributed by atoms with Crippen LogP contribution in [0.15, 0.2) is 0 Å². The van der Waals surface area contributed by atoms with E-state index in [9.17, 15) is 0 Å². The summed E-state index contributed by atoms with van der Waals surface area (Å²) in [6.07, 6.45) is 2.71. The molecule has 1 aliphatic rings. The summed E-state index contributed by atoms with van der Waals surface area (Å²) in [7, 11) is 0. The fourth-order valence-electron chi connectivity index (χ4n) is 1.19. The Morgan fingerprint density at radius 1 is 1.60 bits per heavy atom. The largest absolute Gasteiger partial charge is 0.329 e. The van der Waals surface area contributed by atoms with Gasteiger partial charge in [0.2, 0.25) is 0 Å². The van der Waals surface area contributed by atoms with Crippen molar-refractivity contribution in [3.05, 3.63) is 0 Å². The second kappa shape index (κ2) is 4.99. The molecule has 1 aliphatic heterocycles. The Labute approximate surface area is 66.9 Å². The van der Waals surface area contributed by atoms with Gasteiger partial charge in [-0.2, -0.15) is 11.8 Å². The van der Waals surface area contributed by atoms with Gasteiger partial charge in [-0.3, -0.25) is 0 Å². The number of nitrogens with two attached hydrogens (primary N) is 1. The molecule has 0 aromatic rings. The molecule has 1 unspecified atom stereocenters. The standard InChI is InChI=1S/C7H16N2S/c8-3-4-9-7-2-1-5-10-6-7/h7,9H,1-6,8H2. The molecular formula is C7H16N2S. The van der Waals surface area contributed by atoms with Crippen LogP contribution in [0.5, 0.6) is 0 Å². The average Bonchev–Trinajstić information content (AvgIpc) is 2.03. The molecule has 0 aromatic heterocycles. The third-order valence-electron chi connectivity index (χ3n) is 1.74. The lowest BCUT2D eigenvalue weighted by Crippen LogP contribution is -2.36. The fraction of sp³-hybridized carbons (Fsp3) is 1.00. The first-order valence-electron chi connectivity index (χ1n) is 3.94. The van der Waals surface area contributed by atoms with Crippen molar-refractivity contribution in [3.8, 4) is 0 Å². The van der Waals surface area contributed by atoms with Crippen molar-refractivity contribution in [2.24, 2.45) is 5.73 Å². The molecule has 1 fully saturated rings. The van der Waals surface area contributed by atoms with Gasteiger partial charge >= 0.3 is 0 Å². The Hall–Kier alpha value is 0.270. The maximum Gasteiger partial charge on any atom is 0.0159 e. The molecule has 3 heteroatoms. The van der Waals surface area contributed by atoms with Gasteiger partial charge in [0.1, 0.15) is 0 Å². The van der Waals surface area contributed by atoms with E-state index in [4.69, 9.17) is 5.73 Å².